The van der Waals surface area contributed by atoms with E-state index in [2.05, 4.69) is 32.1 Å². The molecule has 3 heteroatoms. The van der Waals surface area contributed by atoms with E-state index in [1.54, 1.807) is 6.08 Å². The van der Waals surface area contributed by atoms with Gasteiger partial charge in [0.1, 0.15) is 0 Å². The highest BCUT2D eigenvalue weighted by Gasteiger charge is 2.44. The molecule has 2 N–H and O–H groups in total. The molecule has 1 saturated carbocycles. The third-order valence-corrected chi connectivity index (χ3v) is 4.99. The molecule has 0 bridgehead atoms. The molecule has 0 aromatic carbocycles. The number of hydrogen-bond donors (Lipinski definition) is 2. The van der Waals surface area contributed by atoms with Gasteiger partial charge in [-0.25, -0.2) is 4.79 Å². The van der Waals surface area contributed by atoms with Crippen LogP contribution in [0.4, 0.5) is 0 Å². The zero-order valence-corrected chi connectivity index (χ0v) is 13.1. The van der Waals surface area contributed by atoms with Crippen LogP contribution in [0.2, 0.25) is 0 Å². The molecule has 2 rings (SSSR count). The molecule has 2 aliphatic rings. The minimum absolute atomic E-state index is 0.407. The summed E-state index contributed by atoms with van der Waals surface area (Å²) in [5.41, 5.74) is -0.566. The van der Waals surface area contributed by atoms with Crippen LogP contribution in [-0.4, -0.2) is 21.8 Å². The van der Waals surface area contributed by atoms with Crippen LogP contribution in [0.3, 0.4) is 0 Å². The highest BCUT2D eigenvalue weighted by atomic mass is 16.4. The first kappa shape index (κ1) is 16.0. The zero-order valence-electron chi connectivity index (χ0n) is 13.1. The van der Waals surface area contributed by atoms with Crippen molar-refractivity contribution in [2.75, 3.05) is 0 Å². The SMILES string of the molecule is C[C@@H]1C=C[C@@H]2C[C@@](C)(O)C[C@H](C)[C@H]2[C@@H]1/C=C/C=C/C(=O)O. The van der Waals surface area contributed by atoms with E-state index in [-0.39, 0.29) is 0 Å². The third kappa shape index (κ3) is 3.85. The molecule has 1 fully saturated rings. The van der Waals surface area contributed by atoms with Crippen LogP contribution in [0.15, 0.2) is 36.5 Å². The van der Waals surface area contributed by atoms with Gasteiger partial charge in [0.05, 0.1) is 5.60 Å². The van der Waals surface area contributed by atoms with Crippen LogP contribution in [-0.2, 0) is 4.79 Å². The maximum Gasteiger partial charge on any atom is 0.328 e. The summed E-state index contributed by atoms with van der Waals surface area (Å²) in [6, 6.07) is 0. The molecule has 0 unspecified atom stereocenters. The quantitative estimate of drug-likeness (QED) is 0.476. The molecule has 0 aromatic heterocycles. The van der Waals surface area contributed by atoms with Gasteiger partial charge in [0.2, 0.25) is 0 Å². The first-order chi connectivity index (χ1) is 9.80. The predicted molar refractivity (Wildman–Crippen MR) is 83.7 cm³/mol. The maximum atomic E-state index is 10.5. The summed E-state index contributed by atoms with van der Waals surface area (Å²) in [6.45, 7) is 6.37. The van der Waals surface area contributed by atoms with Crippen molar-refractivity contribution in [2.45, 2.75) is 39.2 Å². The first-order valence-corrected chi connectivity index (χ1v) is 7.78. The van der Waals surface area contributed by atoms with Crippen molar-refractivity contribution < 1.29 is 15.0 Å². The number of carbonyl (C=O) groups is 1. The molecule has 3 nitrogen and oxygen atoms in total. The van der Waals surface area contributed by atoms with Gasteiger partial charge in [0.25, 0.3) is 0 Å². The second-order valence-electron chi connectivity index (χ2n) is 7.03. The molecule has 6 atom stereocenters. The van der Waals surface area contributed by atoms with Crippen molar-refractivity contribution in [1.82, 2.24) is 0 Å². The van der Waals surface area contributed by atoms with Crippen LogP contribution in [0, 0.1) is 29.6 Å². The molecule has 116 valence electrons. The van der Waals surface area contributed by atoms with Crippen molar-refractivity contribution in [2.24, 2.45) is 29.6 Å². The number of carboxylic acid groups (broad SMARTS) is 1. The van der Waals surface area contributed by atoms with Crippen LogP contribution < -0.4 is 0 Å². The molecular formula is C18H26O3. The van der Waals surface area contributed by atoms with Crippen LogP contribution in [0.25, 0.3) is 0 Å². The Bertz CT molecular complexity index is 473. The summed E-state index contributed by atoms with van der Waals surface area (Å²) in [5, 5.41) is 19.0. The highest BCUT2D eigenvalue weighted by Crippen LogP contribution is 2.49. The minimum Gasteiger partial charge on any atom is -0.478 e. The van der Waals surface area contributed by atoms with Gasteiger partial charge in [0, 0.05) is 6.08 Å². The van der Waals surface area contributed by atoms with Crippen molar-refractivity contribution in [1.29, 1.82) is 0 Å². The second-order valence-corrected chi connectivity index (χ2v) is 7.03. The smallest absolute Gasteiger partial charge is 0.328 e. The normalized spacial score (nSPS) is 43.3. The van der Waals surface area contributed by atoms with Crippen molar-refractivity contribution in [3.8, 4) is 0 Å². The average Bonchev–Trinajstić information content (AvgIpc) is 2.35. The van der Waals surface area contributed by atoms with E-state index in [0.29, 0.717) is 29.6 Å². The predicted octanol–water partition coefficient (Wildman–Crippen LogP) is 3.42. The summed E-state index contributed by atoms with van der Waals surface area (Å²) in [4.78, 5) is 10.5. The molecular weight excluding hydrogens is 264 g/mol. The Morgan fingerprint density at radius 1 is 1.24 bits per heavy atom. The lowest BCUT2D eigenvalue weighted by molar-refractivity contribution is -0.131. The van der Waals surface area contributed by atoms with E-state index < -0.39 is 11.6 Å². The van der Waals surface area contributed by atoms with Gasteiger partial charge in [-0.1, -0.05) is 44.2 Å². The summed E-state index contributed by atoms with van der Waals surface area (Å²) < 4.78 is 0. The Hall–Kier alpha value is -1.35. The highest BCUT2D eigenvalue weighted by molar-refractivity contribution is 5.80. The molecule has 2 aliphatic carbocycles. The number of aliphatic carboxylic acids is 1. The van der Waals surface area contributed by atoms with Gasteiger partial charge in [-0.15, -0.1) is 0 Å². The Morgan fingerprint density at radius 3 is 2.62 bits per heavy atom. The van der Waals surface area contributed by atoms with E-state index in [9.17, 15) is 9.90 Å². The summed E-state index contributed by atoms with van der Waals surface area (Å²) in [6.07, 6.45) is 12.9. The average molecular weight is 290 g/mol. The molecule has 0 saturated heterocycles. The largest absolute Gasteiger partial charge is 0.478 e. The van der Waals surface area contributed by atoms with Gasteiger partial charge in [0.15, 0.2) is 0 Å². The lowest BCUT2D eigenvalue weighted by Crippen LogP contribution is -2.45. The second kappa shape index (κ2) is 6.18. The van der Waals surface area contributed by atoms with Gasteiger partial charge in [-0.05, 0) is 49.4 Å². The lowest BCUT2D eigenvalue weighted by atomic mass is 9.58. The number of hydrogen-bond acceptors (Lipinski definition) is 2. The zero-order chi connectivity index (χ0) is 15.6. The topological polar surface area (TPSA) is 57.5 Å². The molecule has 0 aromatic rings. The third-order valence-electron chi connectivity index (χ3n) is 4.99. The van der Waals surface area contributed by atoms with E-state index in [1.165, 1.54) is 0 Å². The summed E-state index contributed by atoms with van der Waals surface area (Å²) >= 11 is 0. The van der Waals surface area contributed by atoms with Crippen molar-refractivity contribution in [3.05, 3.63) is 36.5 Å². The van der Waals surface area contributed by atoms with Gasteiger partial charge < -0.3 is 10.2 Å². The minimum atomic E-state index is -0.920. The molecule has 21 heavy (non-hydrogen) atoms. The number of rotatable bonds is 3. The van der Waals surface area contributed by atoms with E-state index in [1.807, 2.05) is 13.0 Å². The Morgan fingerprint density at radius 2 is 1.95 bits per heavy atom. The number of aliphatic hydroxyl groups is 1. The Balaban J connectivity index is 2.17. The van der Waals surface area contributed by atoms with E-state index >= 15 is 0 Å². The molecule has 0 amide bonds. The molecule has 0 radical (unpaired) electrons. The lowest BCUT2D eigenvalue weighted by Gasteiger charge is -2.48. The first-order valence-electron chi connectivity index (χ1n) is 7.78. The summed E-state index contributed by atoms with van der Waals surface area (Å²) in [7, 11) is 0. The van der Waals surface area contributed by atoms with Crippen LogP contribution in [0.5, 0.6) is 0 Å². The summed E-state index contributed by atoms with van der Waals surface area (Å²) in [5.74, 6) is 1.34. The van der Waals surface area contributed by atoms with Gasteiger partial charge >= 0.3 is 5.97 Å². The standard InChI is InChI=1S/C18H26O3/c1-12-8-9-14-11-18(3,21)10-13(2)17(14)15(12)6-4-5-7-16(19)20/h4-9,12-15,17,21H,10-11H2,1-3H3,(H,19,20)/b6-4+,7-5+/t12-,13+,14-,15-,17-,18+/m1/s1. The van der Waals surface area contributed by atoms with Crippen LogP contribution in [0.1, 0.15) is 33.6 Å². The van der Waals surface area contributed by atoms with E-state index in [0.717, 1.165) is 18.9 Å². The number of allylic oxidation sites excluding steroid dienone is 5. The molecule has 0 spiro atoms. The number of carboxylic acids is 1. The molecule has 0 heterocycles. The van der Waals surface area contributed by atoms with E-state index in [4.69, 9.17) is 5.11 Å². The fraction of sp³-hybridized carbons (Fsp3) is 0.611. The van der Waals surface area contributed by atoms with Crippen LogP contribution >= 0.6 is 0 Å². The monoisotopic (exact) mass is 290 g/mol. The molecule has 0 aliphatic heterocycles. The van der Waals surface area contributed by atoms with Crippen molar-refractivity contribution in [3.63, 3.8) is 0 Å². The fourth-order valence-electron chi connectivity index (χ4n) is 4.27. The maximum absolute atomic E-state index is 10.5. The Kier molecular flexibility index (Phi) is 4.72. The Labute approximate surface area is 127 Å². The van der Waals surface area contributed by atoms with Crippen molar-refractivity contribution >= 4 is 5.97 Å². The van der Waals surface area contributed by atoms with Gasteiger partial charge in [-0.2, -0.15) is 0 Å². The fourth-order valence-corrected chi connectivity index (χ4v) is 4.27. The number of fused-ring (bicyclic) bond motifs is 1. The van der Waals surface area contributed by atoms with Gasteiger partial charge in [-0.3, -0.25) is 0 Å².